The van der Waals surface area contributed by atoms with Crippen LogP contribution in [0.15, 0.2) is 79.0 Å². The first-order valence-corrected chi connectivity index (χ1v) is 10.3. The Hall–Kier alpha value is -3.86. The van der Waals surface area contributed by atoms with Crippen LogP contribution in [0.4, 0.5) is 11.4 Å². The number of carbonyl (C=O) groups is 1. The highest BCUT2D eigenvalue weighted by Crippen LogP contribution is 2.34. The van der Waals surface area contributed by atoms with Gasteiger partial charge < -0.3 is 14.8 Å². The Morgan fingerprint density at radius 3 is 2.55 bits per heavy atom. The van der Waals surface area contributed by atoms with E-state index in [1.54, 1.807) is 13.1 Å². The number of fused-ring (bicyclic) bond motifs is 1. The van der Waals surface area contributed by atoms with E-state index in [1.165, 1.54) is 0 Å². The Morgan fingerprint density at radius 2 is 1.74 bits per heavy atom. The maximum Gasteiger partial charge on any atom is 0.341 e. The Bertz CT molecular complexity index is 1210. The smallest absolute Gasteiger partial charge is 0.341 e. The molecule has 1 aromatic heterocycles. The van der Waals surface area contributed by atoms with Crippen LogP contribution in [0.3, 0.4) is 0 Å². The normalized spacial score (nSPS) is 10.6. The number of hydrogen-bond donors (Lipinski definition) is 1. The number of aromatic nitrogens is 1. The summed E-state index contributed by atoms with van der Waals surface area (Å²) in [5.41, 5.74) is 4.75. The van der Waals surface area contributed by atoms with Crippen LogP contribution < -0.4 is 10.1 Å². The summed E-state index contributed by atoms with van der Waals surface area (Å²) >= 11 is 0. The summed E-state index contributed by atoms with van der Waals surface area (Å²) in [5.74, 6) is 0.280. The van der Waals surface area contributed by atoms with Gasteiger partial charge in [0.25, 0.3) is 0 Å². The van der Waals surface area contributed by atoms with Gasteiger partial charge in [-0.1, -0.05) is 60.7 Å². The van der Waals surface area contributed by atoms with Crippen LogP contribution in [-0.4, -0.2) is 17.6 Å². The molecule has 0 fully saturated rings. The fourth-order valence-electron chi connectivity index (χ4n) is 3.43. The average molecular weight is 412 g/mol. The molecule has 4 aromatic rings. The Labute approximate surface area is 181 Å². The number of benzene rings is 3. The lowest BCUT2D eigenvalue weighted by atomic mass is 10.1. The van der Waals surface area contributed by atoms with Crippen LogP contribution in [-0.2, 0) is 11.3 Å². The number of aryl methyl sites for hydroxylation is 1. The molecule has 31 heavy (non-hydrogen) atoms. The van der Waals surface area contributed by atoms with E-state index in [-0.39, 0.29) is 0 Å². The van der Waals surface area contributed by atoms with E-state index in [0.29, 0.717) is 30.2 Å². The van der Waals surface area contributed by atoms with Crippen molar-refractivity contribution >= 4 is 28.2 Å². The number of hydrogen-bond acceptors (Lipinski definition) is 5. The molecule has 0 aliphatic carbocycles. The lowest BCUT2D eigenvalue weighted by molar-refractivity contribution is 0.0527. The van der Waals surface area contributed by atoms with Crippen LogP contribution in [0.1, 0.15) is 28.4 Å². The van der Waals surface area contributed by atoms with Gasteiger partial charge in [-0.05, 0) is 37.1 Å². The predicted molar refractivity (Wildman–Crippen MR) is 123 cm³/mol. The van der Waals surface area contributed by atoms with Crippen molar-refractivity contribution in [1.29, 1.82) is 0 Å². The van der Waals surface area contributed by atoms with Crippen molar-refractivity contribution < 1.29 is 14.3 Å². The number of ether oxygens (including phenoxy) is 2. The highest BCUT2D eigenvalue weighted by molar-refractivity contribution is 6.06. The van der Waals surface area contributed by atoms with Crippen molar-refractivity contribution in [2.24, 2.45) is 0 Å². The Kier molecular flexibility index (Phi) is 6.13. The van der Waals surface area contributed by atoms with E-state index >= 15 is 0 Å². The van der Waals surface area contributed by atoms with Crippen molar-refractivity contribution in [3.05, 3.63) is 95.7 Å². The Balaban J connectivity index is 1.73. The quantitative estimate of drug-likeness (QED) is 0.375. The standard InChI is InChI=1S/C26H24N2O3/c1-3-30-26(29)21-16-27-24-18(2)10-9-13-20(24)25(21)28-22-14-7-8-15-23(22)31-17-19-11-5-4-6-12-19/h4-16H,3,17H2,1-2H3,(H,27,28). The molecule has 3 aromatic carbocycles. The maximum atomic E-state index is 12.6. The van der Waals surface area contributed by atoms with Crippen molar-refractivity contribution in [1.82, 2.24) is 4.98 Å². The van der Waals surface area contributed by atoms with E-state index in [1.807, 2.05) is 79.7 Å². The summed E-state index contributed by atoms with van der Waals surface area (Å²) in [6.07, 6.45) is 1.57. The van der Waals surface area contributed by atoms with Gasteiger partial charge in [0.05, 0.1) is 23.5 Å². The van der Waals surface area contributed by atoms with E-state index < -0.39 is 5.97 Å². The molecule has 0 radical (unpaired) electrons. The Morgan fingerprint density at radius 1 is 0.968 bits per heavy atom. The first-order valence-electron chi connectivity index (χ1n) is 10.3. The molecule has 0 aliphatic heterocycles. The summed E-state index contributed by atoms with van der Waals surface area (Å²) < 4.78 is 11.4. The van der Waals surface area contributed by atoms with E-state index in [4.69, 9.17) is 9.47 Å². The first kappa shape index (κ1) is 20.4. The fraction of sp³-hybridized carbons (Fsp3) is 0.154. The molecular weight excluding hydrogens is 388 g/mol. The third-order valence-electron chi connectivity index (χ3n) is 4.98. The van der Waals surface area contributed by atoms with Crippen LogP contribution >= 0.6 is 0 Å². The van der Waals surface area contributed by atoms with Crippen molar-refractivity contribution in [2.75, 3.05) is 11.9 Å². The molecule has 0 aliphatic rings. The number of esters is 1. The summed E-state index contributed by atoms with van der Waals surface area (Å²) in [6, 6.07) is 23.6. The highest BCUT2D eigenvalue weighted by Gasteiger charge is 2.18. The van der Waals surface area contributed by atoms with Crippen molar-refractivity contribution in [3.8, 4) is 5.75 Å². The highest BCUT2D eigenvalue weighted by atomic mass is 16.5. The van der Waals surface area contributed by atoms with Gasteiger partial charge in [-0.25, -0.2) is 4.79 Å². The van der Waals surface area contributed by atoms with Gasteiger partial charge in [0.2, 0.25) is 0 Å². The zero-order valence-corrected chi connectivity index (χ0v) is 17.6. The maximum absolute atomic E-state index is 12.6. The molecule has 1 N–H and O–H groups in total. The average Bonchev–Trinajstić information content (AvgIpc) is 2.80. The third kappa shape index (κ3) is 4.51. The second-order valence-corrected chi connectivity index (χ2v) is 7.13. The van der Waals surface area contributed by atoms with E-state index in [9.17, 15) is 4.79 Å². The molecule has 0 bridgehead atoms. The summed E-state index contributed by atoms with van der Waals surface area (Å²) in [5, 5.41) is 4.27. The molecule has 156 valence electrons. The van der Waals surface area contributed by atoms with Crippen LogP contribution in [0.5, 0.6) is 5.75 Å². The van der Waals surface area contributed by atoms with Crippen molar-refractivity contribution in [2.45, 2.75) is 20.5 Å². The molecule has 1 heterocycles. The number of pyridine rings is 1. The van der Waals surface area contributed by atoms with Gasteiger partial charge in [-0.2, -0.15) is 0 Å². The molecule has 0 saturated heterocycles. The number of carbonyl (C=O) groups excluding carboxylic acids is 1. The topological polar surface area (TPSA) is 60.5 Å². The molecular formula is C26H24N2O3. The van der Waals surface area contributed by atoms with Crippen molar-refractivity contribution in [3.63, 3.8) is 0 Å². The third-order valence-corrected chi connectivity index (χ3v) is 4.98. The molecule has 5 heteroatoms. The largest absolute Gasteiger partial charge is 0.487 e. The molecule has 0 amide bonds. The lowest BCUT2D eigenvalue weighted by Gasteiger charge is -2.17. The minimum atomic E-state index is -0.413. The summed E-state index contributed by atoms with van der Waals surface area (Å²) in [4.78, 5) is 17.2. The van der Waals surface area contributed by atoms with Gasteiger partial charge in [0, 0.05) is 11.6 Å². The zero-order valence-electron chi connectivity index (χ0n) is 17.6. The number of nitrogens with zero attached hydrogens (tertiary/aromatic N) is 1. The number of anilines is 2. The molecule has 4 rings (SSSR count). The molecule has 0 unspecified atom stereocenters. The number of rotatable bonds is 7. The molecule has 0 spiro atoms. The molecule has 5 nitrogen and oxygen atoms in total. The predicted octanol–water partition coefficient (Wildman–Crippen LogP) is 6.04. The van der Waals surface area contributed by atoms with Gasteiger partial charge >= 0.3 is 5.97 Å². The monoisotopic (exact) mass is 412 g/mol. The second-order valence-electron chi connectivity index (χ2n) is 7.13. The zero-order chi connectivity index (χ0) is 21.6. The first-order chi connectivity index (χ1) is 15.2. The minimum absolute atomic E-state index is 0.293. The lowest BCUT2D eigenvalue weighted by Crippen LogP contribution is -2.10. The fourth-order valence-corrected chi connectivity index (χ4v) is 3.43. The van der Waals surface area contributed by atoms with Crippen LogP contribution in [0.25, 0.3) is 10.9 Å². The SMILES string of the molecule is CCOC(=O)c1cnc2c(C)cccc2c1Nc1ccccc1OCc1ccccc1. The van der Waals surface area contributed by atoms with E-state index in [0.717, 1.165) is 27.7 Å². The number of nitrogens with one attached hydrogen (secondary N) is 1. The van der Waals surface area contributed by atoms with Crippen LogP contribution in [0.2, 0.25) is 0 Å². The second kappa shape index (κ2) is 9.30. The molecule has 0 atom stereocenters. The number of para-hydroxylation sites is 3. The minimum Gasteiger partial charge on any atom is -0.487 e. The summed E-state index contributed by atoms with van der Waals surface area (Å²) in [6.45, 7) is 4.53. The van der Waals surface area contributed by atoms with Crippen LogP contribution in [0, 0.1) is 6.92 Å². The molecule has 0 saturated carbocycles. The van der Waals surface area contributed by atoms with Gasteiger partial charge in [0.1, 0.15) is 17.9 Å². The van der Waals surface area contributed by atoms with Gasteiger partial charge in [-0.15, -0.1) is 0 Å². The van der Waals surface area contributed by atoms with E-state index in [2.05, 4.69) is 10.3 Å². The summed E-state index contributed by atoms with van der Waals surface area (Å²) in [7, 11) is 0. The van der Waals surface area contributed by atoms with Gasteiger partial charge in [0.15, 0.2) is 0 Å². The van der Waals surface area contributed by atoms with Gasteiger partial charge in [-0.3, -0.25) is 4.98 Å².